The van der Waals surface area contributed by atoms with Gasteiger partial charge in [-0.15, -0.1) is 23.1 Å². The number of allylic oxidation sites excluding steroid dienone is 1. The van der Waals surface area contributed by atoms with Gasteiger partial charge in [0.05, 0.1) is 50.9 Å². The summed E-state index contributed by atoms with van der Waals surface area (Å²) in [5.74, 6) is -2.72. The van der Waals surface area contributed by atoms with E-state index in [1.165, 1.54) is 51.3 Å². The van der Waals surface area contributed by atoms with Crippen LogP contribution in [0.15, 0.2) is 139 Å². The SMILES string of the molecule is Cc1cc([C@H](C(=O)N2C[C@H](O)C[C@H]2C(=O)N[C@@H](CC(=O)NCCCCCC(=O)N2CCN(CC[C@H](CSc3ccccc3)Nc3ccc(S(=O)(=O)NC(=O)c4ccc(N5CCN(CC6=C(C78CC(C(F)F)(C7)C8)CC(C)(C)CC6)CC5)cc4)cc3S(=O)(=O)C(F)(F)F)CC2)c2ccc(-c3scnc3C)cc2)C(C)C)on1. The number of amides is 5. The van der Waals surface area contributed by atoms with Crippen molar-refractivity contribution in [1.82, 2.24) is 45.1 Å². The van der Waals surface area contributed by atoms with E-state index in [0.717, 1.165) is 77.7 Å². The highest BCUT2D eigenvalue weighted by Crippen LogP contribution is 2.79. The van der Waals surface area contributed by atoms with Crippen LogP contribution in [-0.2, 0) is 39.0 Å². The highest BCUT2D eigenvalue weighted by molar-refractivity contribution is 7.99. The molecule has 4 aromatic carbocycles. The molecule has 5 N–H and O–H groups in total. The predicted octanol–water partition coefficient (Wildman–Crippen LogP) is 12.3. The Morgan fingerprint density at radius 1 is 0.829 bits per heavy atom. The third-order valence-electron chi connectivity index (χ3n) is 23.0. The third kappa shape index (κ3) is 19.4. The highest BCUT2D eigenvalue weighted by Gasteiger charge is 2.73. The number of likely N-dealkylation sites (tertiary alicyclic amines) is 1. The van der Waals surface area contributed by atoms with Gasteiger partial charge < -0.3 is 40.3 Å². The number of carbonyl (C=O) groups excluding carboxylic acids is 5. The fraction of sp³-hybridized carbons (Fsp3) is 0.537. The van der Waals surface area contributed by atoms with Crippen LogP contribution in [0.4, 0.5) is 33.3 Å². The molecular formula is C80H100F5N11O11S4. The number of rotatable bonds is 32. The molecule has 0 radical (unpaired) electrons. The van der Waals surface area contributed by atoms with Crippen molar-refractivity contribution in [3.05, 3.63) is 148 Å². The van der Waals surface area contributed by atoms with Gasteiger partial charge in [0, 0.05) is 131 Å². The molecule has 4 aliphatic carbocycles. The Bertz CT molecular complexity index is 4570. The molecule has 3 aliphatic heterocycles. The first-order chi connectivity index (χ1) is 52.7. The summed E-state index contributed by atoms with van der Waals surface area (Å²) in [4.78, 5) is 83.2. The molecule has 5 heterocycles. The molecule has 3 saturated heterocycles. The Balaban J connectivity index is 0.612. The Labute approximate surface area is 654 Å². The van der Waals surface area contributed by atoms with E-state index in [0.29, 0.717) is 120 Å². The van der Waals surface area contributed by atoms with Gasteiger partial charge in [0.1, 0.15) is 22.6 Å². The molecule has 0 unspecified atom stereocenters. The lowest BCUT2D eigenvalue weighted by Gasteiger charge is -2.72. The van der Waals surface area contributed by atoms with E-state index in [2.05, 4.69) is 54.6 Å². The number of piperazine rings is 2. The molecule has 22 nitrogen and oxygen atoms in total. The summed E-state index contributed by atoms with van der Waals surface area (Å²) < 4.78 is 134. The number of halogens is 5. The van der Waals surface area contributed by atoms with Crippen molar-refractivity contribution < 1.29 is 72.4 Å². The van der Waals surface area contributed by atoms with Crippen LogP contribution >= 0.6 is 23.1 Å². The minimum absolute atomic E-state index is 0.000338. The molecule has 111 heavy (non-hydrogen) atoms. The second kappa shape index (κ2) is 34.5. The van der Waals surface area contributed by atoms with Crippen molar-refractivity contribution in [3.63, 3.8) is 0 Å². The Kier molecular flexibility index (Phi) is 25.7. The van der Waals surface area contributed by atoms with Gasteiger partial charge in [-0.25, -0.2) is 35.3 Å². The number of hydrogen-bond acceptors (Lipinski definition) is 19. The molecule has 6 fully saturated rings. The van der Waals surface area contributed by atoms with Crippen LogP contribution in [0, 0.1) is 36.0 Å². The molecule has 3 saturated carbocycles. The number of hydrogen-bond donors (Lipinski definition) is 5. The zero-order valence-electron chi connectivity index (χ0n) is 63.5. The number of carbonyl (C=O) groups is 5. The van der Waals surface area contributed by atoms with Gasteiger partial charge in [-0.1, -0.05) is 92.9 Å². The number of nitrogens with zero attached hydrogens (tertiary/aromatic N) is 7. The van der Waals surface area contributed by atoms with Crippen molar-refractivity contribution >= 4 is 83.9 Å². The second-order valence-corrected chi connectivity index (χ2v) is 37.6. The molecule has 5 amide bonds. The number of sulfone groups is 1. The lowest BCUT2D eigenvalue weighted by molar-refractivity contribution is -0.250. The topological polar surface area (TPSA) is 277 Å². The summed E-state index contributed by atoms with van der Waals surface area (Å²) in [5.41, 5.74) is 1.22. The van der Waals surface area contributed by atoms with E-state index in [9.17, 15) is 67.9 Å². The highest BCUT2D eigenvalue weighted by atomic mass is 32.2. The number of alkyl halides is 5. The number of nitrogens with one attached hydrogen (secondary N) is 4. The lowest BCUT2D eigenvalue weighted by Crippen LogP contribution is -2.66. The number of benzene rings is 4. The average molecular weight is 1620 g/mol. The van der Waals surface area contributed by atoms with Crippen LogP contribution in [0.2, 0.25) is 0 Å². The zero-order valence-corrected chi connectivity index (χ0v) is 66.8. The summed E-state index contributed by atoms with van der Waals surface area (Å²) in [5, 5.41) is 23.9. The van der Waals surface area contributed by atoms with Gasteiger partial charge in [0.15, 0.2) is 0 Å². The quantitative estimate of drug-likeness (QED) is 0.0114. The van der Waals surface area contributed by atoms with Gasteiger partial charge in [-0.2, -0.15) is 13.2 Å². The molecule has 2 bridgehead atoms. The van der Waals surface area contributed by atoms with E-state index < -0.39 is 94.6 Å². The summed E-state index contributed by atoms with van der Waals surface area (Å²) in [6.07, 6.45) is 3.57. The number of aromatic nitrogens is 2. The standard InChI is InChI=1S/C80H100F5N11O11S4/c1-51(2)71(67-39-52(3)90-107-67)75(102)96-45-60(97)40-66(96)74(101)89-65(54-16-18-55(19-17-54)72-53(4)87-50-109-72)42-69(98)86-29-12-8-11-15-70(99)95-37-31-92(32-38-95)30-27-58(46-108-61-13-9-7-10-14-61)88-64-25-24-62(41-68(64)110(103,104)80(83,84)85)111(105,106)91-73(100)56-20-22-59(23-21-56)94-35-33-93(34-36-94)44-57-26-28-77(5,6)43-63(57)78-47-79(48-78,49-78)76(81)82/h7,9-10,13-14,16-25,39,41,50-51,58,60,65-66,71,76,88,97H,8,11-12,15,26-38,40,42-49H2,1-6H3,(H,86,98)(H,89,101)(H,91,100)/t58-,60-,65+,66+,71-,78?,79?/m1/s1. The lowest BCUT2D eigenvalue weighted by atomic mass is 9.32. The van der Waals surface area contributed by atoms with Crippen molar-refractivity contribution in [2.24, 2.45) is 22.2 Å². The fourth-order valence-corrected chi connectivity index (χ4v) is 20.6. The minimum atomic E-state index is -6.20. The molecule has 5 atom stereocenters. The third-order valence-corrected chi connectivity index (χ3v) is 28.0. The summed E-state index contributed by atoms with van der Waals surface area (Å²) in [6.45, 7) is 17.9. The summed E-state index contributed by atoms with van der Waals surface area (Å²) in [6, 6.07) is 24.4. The van der Waals surface area contributed by atoms with Crippen LogP contribution < -0.4 is 25.6 Å². The molecular weight excluding hydrogens is 1510 g/mol. The fourth-order valence-electron chi connectivity index (χ4n) is 16.7. The molecule has 2 aromatic heterocycles. The Hall–Kier alpha value is -7.81. The second-order valence-electron chi connectivity index (χ2n) is 32.0. The maximum Gasteiger partial charge on any atom is 0.501 e. The number of aliphatic hydroxyl groups excluding tert-OH is 1. The largest absolute Gasteiger partial charge is 0.501 e. The van der Waals surface area contributed by atoms with E-state index in [-0.39, 0.29) is 71.6 Å². The number of thioether (sulfide) groups is 1. The first kappa shape index (κ1) is 82.6. The smallest absolute Gasteiger partial charge is 0.391 e. The number of aliphatic hydroxyl groups is 1. The first-order valence-corrected chi connectivity index (χ1v) is 43.1. The summed E-state index contributed by atoms with van der Waals surface area (Å²) >= 11 is 2.88. The normalized spacial score (nSPS) is 21.9. The number of thiazole rings is 1. The number of aryl methyl sites for hydroxylation is 2. The van der Waals surface area contributed by atoms with Gasteiger partial charge in [-0.05, 0) is 154 Å². The van der Waals surface area contributed by atoms with Crippen molar-refractivity contribution in [1.29, 1.82) is 0 Å². The Morgan fingerprint density at radius 2 is 1.52 bits per heavy atom. The van der Waals surface area contributed by atoms with Gasteiger partial charge in [0.2, 0.25) is 30.1 Å². The van der Waals surface area contributed by atoms with Crippen molar-refractivity contribution in [2.75, 3.05) is 94.5 Å². The van der Waals surface area contributed by atoms with Crippen LogP contribution in [0.25, 0.3) is 10.4 Å². The van der Waals surface area contributed by atoms with Crippen molar-refractivity contribution in [2.45, 2.75) is 182 Å². The van der Waals surface area contributed by atoms with Crippen molar-refractivity contribution in [3.8, 4) is 10.4 Å². The number of sulfonamides is 1. The molecule has 31 heteroatoms. The molecule has 13 rings (SSSR count). The van der Waals surface area contributed by atoms with Crippen LogP contribution in [0.3, 0.4) is 0 Å². The molecule has 600 valence electrons. The molecule has 6 aromatic rings. The van der Waals surface area contributed by atoms with Gasteiger partial charge >= 0.3 is 5.51 Å². The van der Waals surface area contributed by atoms with E-state index >= 15 is 0 Å². The predicted molar refractivity (Wildman–Crippen MR) is 415 cm³/mol. The van der Waals surface area contributed by atoms with E-state index in [1.807, 2.05) is 80.1 Å². The first-order valence-electron chi connectivity index (χ1n) is 38.2. The molecule has 0 spiro atoms. The Morgan fingerprint density at radius 3 is 2.16 bits per heavy atom. The molecule has 7 aliphatic rings. The number of anilines is 2. The van der Waals surface area contributed by atoms with E-state index in [4.69, 9.17) is 4.52 Å². The monoisotopic (exact) mass is 1610 g/mol. The number of β-amino-alcohol motifs (C(OH)–C–C–N with tert-alkyl or cyclic N) is 1. The van der Waals surface area contributed by atoms with Crippen LogP contribution in [0.5, 0.6) is 0 Å². The van der Waals surface area contributed by atoms with Crippen LogP contribution in [-0.4, -0.2) is 196 Å². The number of unbranched alkanes of at least 4 members (excludes halogenated alkanes) is 2. The zero-order chi connectivity index (χ0) is 79.4. The maximum atomic E-state index is 14.6. The van der Waals surface area contributed by atoms with E-state index in [1.54, 1.807) is 35.5 Å². The van der Waals surface area contributed by atoms with Crippen LogP contribution in [0.1, 0.15) is 156 Å². The maximum absolute atomic E-state index is 14.6. The summed E-state index contributed by atoms with van der Waals surface area (Å²) in [7, 11) is -11.2. The van der Waals surface area contributed by atoms with Gasteiger partial charge in [-0.3, -0.25) is 33.8 Å². The average Bonchev–Trinajstić information content (AvgIpc) is 1.16. The minimum Gasteiger partial charge on any atom is -0.391 e. The van der Waals surface area contributed by atoms with Gasteiger partial charge in [0.25, 0.3) is 25.8 Å².